The summed E-state index contributed by atoms with van der Waals surface area (Å²) in [4.78, 5) is 10.9. The molecule has 3 N–H and O–H groups in total. The van der Waals surface area contributed by atoms with E-state index in [9.17, 15) is 18.3 Å². The quantitative estimate of drug-likeness (QED) is 0.591. The Kier molecular flexibility index (Phi) is 5.86. The van der Waals surface area contributed by atoms with Crippen LogP contribution in [0, 0.1) is 6.92 Å². The van der Waals surface area contributed by atoms with Crippen molar-refractivity contribution in [3.63, 3.8) is 0 Å². The van der Waals surface area contributed by atoms with Crippen molar-refractivity contribution in [3.05, 3.63) is 46.2 Å². The minimum atomic E-state index is -4.61. The first-order valence-corrected chi connectivity index (χ1v) is 8.70. The van der Waals surface area contributed by atoms with E-state index in [1.54, 1.807) is 6.92 Å². The monoisotopic (exact) mass is 411 g/mol. The number of aromatic amines is 1. The Morgan fingerprint density at radius 2 is 2.18 bits per heavy atom. The molecule has 3 rings (SSSR count). The number of aliphatic hydroxyl groups excluding tert-OH is 2. The van der Waals surface area contributed by atoms with Crippen LogP contribution in [0.2, 0.25) is 0 Å². The molecule has 0 aliphatic rings. The summed E-state index contributed by atoms with van der Waals surface area (Å²) in [6, 6.07) is 2.25. The van der Waals surface area contributed by atoms with Gasteiger partial charge in [-0.05, 0) is 0 Å². The zero-order valence-corrected chi connectivity index (χ0v) is 15.1. The first-order valence-electron chi connectivity index (χ1n) is 7.82. The number of H-pyrrole nitrogens is 1. The van der Waals surface area contributed by atoms with Crippen LogP contribution in [0.15, 0.2) is 29.5 Å². The summed E-state index contributed by atoms with van der Waals surface area (Å²) < 4.78 is 44.8. The van der Waals surface area contributed by atoms with Crippen molar-refractivity contribution < 1.29 is 28.1 Å². The van der Waals surface area contributed by atoms with Crippen molar-refractivity contribution >= 4 is 23.2 Å². The van der Waals surface area contributed by atoms with Gasteiger partial charge < -0.3 is 0 Å². The fourth-order valence-electron chi connectivity index (χ4n) is 2.08. The fourth-order valence-corrected chi connectivity index (χ4v) is 2.85. The number of aliphatic hydroxyl groups is 2. The van der Waals surface area contributed by atoms with Gasteiger partial charge in [0.25, 0.3) is 0 Å². The van der Waals surface area contributed by atoms with Crippen LogP contribution in [0.1, 0.15) is 23.0 Å². The summed E-state index contributed by atoms with van der Waals surface area (Å²) in [7, 11) is 0. The average molecular weight is 411 g/mol. The molecule has 0 radical (unpaired) electrons. The van der Waals surface area contributed by atoms with E-state index in [1.165, 1.54) is 18.4 Å². The summed E-state index contributed by atoms with van der Waals surface area (Å²) in [6.07, 6.45) is -2.21. The molecule has 3 heterocycles. The molecule has 0 saturated carbocycles. The molecule has 1 atom stereocenters. The number of nitrogens with zero attached hydrogens (tertiary/aromatic N) is 4. The van der Waals surface area contributed by atoms with Gasteiger partial charge in [-0.2, -0.15) is 0 Å². The third-order valence-electron chi connectivity index (χ3n) is 3.53. The molecule has 3 aromatic heterocycles. The zero-order chi connectivity index (χ0) is 20.3. The van der Waals surface area contributed by atoms with E-state index in [0.717, 1.165) is 17.2 Å². The molecule has 0 bridgehead atoms. The maximum atomic E-state index is 13.1. The molecule has 0 fully saturated rings. The number of hydrogen-bond acceptors (Lipinski definition) is 8. The number of aromatic nitrogens is 4. The van der Waals surface area contributed by atoms with Crippen LogP contribution < -0.4 is 9.54 Å². The van der Waals surface area contributed by atoms with E-state index in [4.69, 9.17) is 9.84 Å². The van der Waals surface area contributed by atoms with E-state index in [0.29, 0.717) is 17.5 Å². The van der Waals surface area contributed by atoms with Gasteiger partial charge in [0.15, 0.2) is 0 Å². The van der Waals surface area contributed by atoms with E-state index in [2.05, 4.69) is 25.2 Å². The molecular weight excluding hydrogens is 398 g/mol. The van der Waals surface area contributed by atoms with Crippen molar-refractivity contribution in [2.24, 2.45) is 4.99 Å². The molecule has 3 aromatic rings. The van der Waals surface area contributed by atoms with Gasteiger partial charge in [0.2, 0.25) is 0 Å². The molecule has 0 aromatic carbocycles. The van der Waals surface area contributed by atoms with Gasteiger partial charge in [-0.25, -0.2) is 0 Å². The first kappa shape index (κ1) is 20.1. The molecule has 8 nitrogen and oxygen atoms in total. The van der Waals surface area contributed by atoms with Crippen LogP contribution in [0.3, 0.4) is 0 Å². The Morgan fingerprint density at radius 1 is 1.39 bits per heavy atom. The standard InChI is InChI=1S/C15H13BF3N5O3S/c1-7-10(2-3-21-24-7)27-11-4-8(15(17,18)19)5-20-13(11)23-14-22-12(16-28-14)9(26)6-25/h2-5,9,25-26H,6H2,1H3,(H,20,22,23). The van der Waals surface area contributed by atoms with E-state index in [1.807, 2.05) is 0 Å². The SMILES string of the molecule is Cc1nnccc1Oc1cc(C(F)(F)F)cnc1/N=c1/[nH]c(C(O)CO)bs1. The summed E-state index contributed by atoms with van der Waals surface area (Å²) in [5, 5.41) is 26.1. The van der Waals surface area contributed by atoms with E-state index >= 15 is 0 Å². The third kappa shape index (κ3) is 4.61. The second-order valence-corrected chi connectivity index (χ2v) is 6.42. The van der Waals surface area contributed by atoms with Gasteiger partial charge in [0, 0.05) is 0 Å². The number of nitrogens with one attached hydrogen (secondary N) is 1. The Hall–Kier alpha value is -2.64. The third-order valence-corrected chi connectivity index (χ3v) is 4.31. The molecule has 0 aliphatic carbocycles. The molecular formula is C15H13BF3N5O3S. The Bertz CT molecular complexity index is 1040. The molecule has 146 valence electrons. The number of alkyl halides is 3. The zero-order valence-electron chi connectivity index (χ0n) is 14.3. The fraction of sp³-hybridized carbons (Fsp3) is 0.267. The van der Waals surface area contributed by atoms with Gasteiger partial charge >= 0.3 is 160 Å². The van der Waals surface area contributed by atoms with Gasteiger partial charge in [-0.15, -0.1) is 0 Å². The van der Waals surface area contributed by atoms with Crippen molar-refractivity contribution in [1.82, 2.24) is 20.2 Å². The van der Waals surface area contributed by atoms with Crippen molar-refractivity contribution in [3.8, 4) is 11.5 Å². The molecule has 28 heavy (non-hydrogen) atoms. The van der Waals surface area contributed by atoms with Gasteiger partial charge in [0.1, 0.15) is 0 Å². The first-order chi connectivity index (χ1) is 13.3. The average Bonchev–Trinajstić information content (AvgIpc) is 3.12. The number of halogens is 3. The Labute approximate surface area is 160 Å². The molecule has 0 amide bonds. The summed E-state index contributed by atoms with van der Waals surface area (Å²) in [5.41, 5.74) is -0.302. The molecule has 0 aliphatic heterocycles. The molecule has 0 saturated heterocycles. The van der Waals surface area contributed by atoms with Crippen molar-refractivity contribution in [2.45, 2.75) is 19.2 Å². The summed E-state index contributed by atoms with van der Waals surface area (Å²) >= 11 is 1.08. The predicted molar refractivity (Wildman–Crippen MR) is 93.4 cm³/mol. The van der Waals surface area contributed by atoms with Crippen molar-refractivity contribution in [2.75, 3.05) is 6.61 Å². The van der Waals surface area contributed by atoms with Gasteiger partial charge in [0.05, 0.1) is 0 Å². The summed E-state index contributed by atoms with van der Waals surface area (Å²) in [6.45, 7) is 1.10. The number of pyridine rings is 1. The number of rotatable bonds is 5. The minimum absolute atomic E-state index is 0.104. The normalized spacial score (nSPS) is 13.4. The van der Waals surface area contributed by atoms with E-state index in [-0.39, 0.29) is 22.1 Å². The van der Waals surface area contributed by atoms with Crippen LogP contribution in [0.25, 0.3) is 0 Å². The second-order valence-electron chi connectivity index (χ2n) is 5.56. The Morgan fingerprint density at radius 3 is 2.86 bits per heavy atom. The summed E-state index contributed by atoms with van der Waals surface area (Å²) in [5.74, 6) is -0.122. The second kappa shape index (κ2) is 8.16. The predicted octanol–water partition coefficient (Wildman–Crippen LogP) is 1.98. The van der Waals surface area contributed by atoms with Crippen LogP contribution in [-0.4, -0.2) is 43.2 Å². The van der Waals surface area contributed by atoms with Crippen LogP contribution >= 0.6 is 11.2 Å². The molecule has 1 unspecified atom stereocenters. The topological polar surface area (TPSA) is 117 Å². The van der Waals surface area contributed by atoms with Crippen LogP contribution in [0.5, 0.6) is 11.5 Å². The number of hydrogen-bond donors (Lipinski definition) is 3. The molecule has 13 heteroatoms. The number of ether oxygens (including phenoxy) is 1. The maximum absolute atomic E-state index is 13.1. The van der Waals surface area contributed by atoms with Crippen LogP contribution in [-0.2, 0) is 6.18 Å². The Balaban J connectivity index is 2.06. The molecule has 0 spiro atoms. The van der Waals surface area contributed by atoms with E-state index < -0.39 is 24.5 Å². The number of aryl methyl sites for hydroxylation is 1. The van der Waals surface area contributed by atoms with Crippen LogP contribution in [0.4, 0.5) is 19.0 Å². The van der Waals surface area contributed by atoms with Crippen molar-refractivity contribution in [1.29, 1.82) is 0 Å². The van der Waals surface area contributed by atoms with Gasteiger partial charge in [-0.3, -0.25) is 0 Å². The van der Waals surface area contributed by atoms with Gasteiger partial charge in [-0.1, -0.05) is 0 Å².